The Bertz CT molecular complexity index is 5580. The molecule has 0 unspecified atom stereocenters. The van der Waals surface area contributed by atoms with Crippen LogP contribution in [0.3, 0.4) is 0 Å². The topological polar surface area (TPSA) is 523 Å². The van der Waals surface area contributed by atoms with Crippen LogP contribution in [0.2, 0.25) is 20.1 Å². The molecule has 0 aromatic carbocycles. The molecule has 636 valence electrons. The molecule has 0 radical (unpaired) electrons. The molecule has 39 nitrogen and oxygen atoms in total. The Morgan fingerprint density at radius 2 is 0.620 bits per heavy atom. The van der Waals surface area contributed by atoms with Gasteiger partial charge in [-0.25, -0.2) is 39.9 Å². The number of aromatic nitrogens is 12. The average Bonchev–Trinajstić information content (AvgIpc) is 1.58. The van der Waals surface area contributed by atoms with Gasteiger partial charge in [0.2, 0.25) is 11.8 Å². The molecule has 0 bridgehead atoms. The van der Waals surface area contributed by atoms with Crippen LogP contribution in [-0.2, 0) is 32.2 Å². The van der Waals surface area contributed by atoms with Crippen LogP contribution in [0.25, 0.3) is 0 Å². The number of aryl methyl sites for hydroxylation is 4. The maximum Gasteiger partial charge on any atom is 1.00 e. The monoisotopic (exact) mass is 1810 g/mol. The van der Waals surface area contributed by atoms with Gasteiger partial charge in [0.05, 0.1) is 4.47 Å². The zero-order chi connectivity index (χ0) is 85.2. The van der Waals surface area contributed by atoms with Gasteiger partial charge < -0.3 is 90.1 Å². The zero-order valence-electron chi connectivity index (χ0n) is 67.7. The normalized spacial score (nSPS) is 18.5. The smallest absolute Gasteiger partial charge is 0.870 e. The largest absolute Gasteiger partial charge is 1.00 e. The Balaban J connectivity index is 0.000000141. The van der Waals surface area contributed by atoms with Gasteiger partial charge in [0.15, 0.2) is 29.1 Å². The van der Waals surface area contributed by atoms with Crippen LogP contribution in [0.1, 0.15) is 141 Å². The maximum atomic E-state index is 13.5. The second-order valence-corrected chi connectivity index (χ2v) is 33.9. The standard InChI is InChI=1S/C21H24ClN7O3.2C17H20ClN7O2.C13H16BrN3O2.C8H9ClN4O.Na.H2O/c1-11-9-13(25-16-14(22)17(24-10-23-16)26-18(30)12-3-4-12)20(32)29-15(11)19(31)27-21(29)5-7-28(2)8-6-21;2*1-9-7-10(22-14-11(18)13(19)20-8-21-14)16(27)25-12(9)15(26)23-17(25)3-5-24(2)6-4-17;1-8-7-9(14)12(19)17-10(8)11(18)15-13(17)3-5-16(2)6-4-13;9-5-6(10)11-3-12-7(5)13-8(14)4-1-2-4;;/h9-10,12H,3-8H2,1-2H3,(H,27,31)(H2,23,24,25,26,30);2*7-8H,3-6H2,1-2H3,(H,23,26)(H3,19,20,21,22);7H,3-6H2,1-2H3,(H,15,18);3-4H,1-2H2,(H3,10,11,12,13,14);;1H2/q;;;;;+1;/p-1. The first-order chi connectivity index (χ1) is 56.6. The number of pyridine rings is 4. The molecule has 45 heteroatoms. The minimum Gasteiger partial charge on any atom is -0.870 e. The average molecular weight is 1820 g/mol. The van der Waals surface area contributed by atoms with Crippen LogP contribution in [0.5, 0.6) is 0 Å². The minimum absolute atomic E-state index is 0. The molecule has 18 rings (SSSR count). The van der Waals surface area contributed by atoms with E-state index in [0.29, 0.717) is 82.5 Å². The van der Waals surface area contributed by atoms with Crippen LogP contribution in [0.15, 0.2) is 73.2 Å². The van der Waals surface area contributed by atoms with Gasteiger partial charge in [0.1, 0.15) is 125 Å². The number of likely N-dealkylation sites (tertiary alicyclic amines) is 4. The molecular weight excluding hydrogens is 1730 g/mol. The van der Waals surface area contributed by atoms with E-state index >= 15 is 0 Å². The van der Waals surface area contributed by atoms with Crippen molar-refractivity contribution in [1.29, 1.82) is 0 Å². The van der Waals surface area contributed by atoms with Crippen molar-refractivity contribution in [2.45, 2.75) is 127 Å². The number of hydrogen-bond acceptors (Lipinski definition) is 29. The van der Waals surface area contributed by atoms with E-state index in [1.165, 1.54) is 25.3 Å². The quantitative estimate of drug-likeness (QED) is 0.0876. The van der Waals surface area contributed by atoms with E-state index in [2.05, 4.69) is 130 Å². The fraction of sp³-hybridized carbons (Fsp3) is 0.447. The Labute approximate surface area is 742 Å². The van der Waals surface area contributed by atoms with Crippen molar-refractivity contribution in [3.63, 3.8) is 0 Å². The molecule has 4 saturated heterocycles. The van der Waals surface area contributed by atoms with Crippen LogP contribution in [-0.4, -0.2) is 199 Å². The first kappa shape index (κ1) is 90.4. The number of nitrogen functional groups attached to an aromatic ring is 3. The number of carbonyl (C=O) groups is 6. The van der Waals surface area contributed by atoms with Gasteiger partial charge in [-0.1, -0.05) is 46.4 Å². The number of nitrogens with zero attached hydrogens (tertiary/aromatic N) is 16. The predicted molar refractivity (Wildman–Crippen MR) is 454 cm³/mol. The number of nitrogens with one attached hydrogen (secondary N) is 9. The first-order valence-corrected chi connectivity index (χ1v) is 40.9. The van der Waals surface area contributed by atoms with Crippen molar-refractivity contribution in [2.75, 3.05) is 124 Å². The molecule has 4 spiro atoms. The van der Waals surface area contributed by atoms with E-state index in [4.69, 9.17) is 63.6 Å². The van der Waals surface area contributed by atoms with Gasteiger partial charge in [0.25, 0.3) is 45.9 Å². The minimum atomic E-state index is -0.739. The van der Waals surface area contributed by atoms with Crippen LogP contribution < -0.4 is 117 Å². The summed E-state index contributed by atoms with van der Waals surface area (Å²) >= 11 is 27.8. The number of amides is 6. The van der Waals surface area contributed by atoms with Crippen LogP contribution >= 0.6 is 62.3 Å². The first-order valence-electron chi connectivity index (χ1n) is 38.6. The van der Waals surface area contributed by atoms with Gasteiger partial charge in [-0.15, -0.1) is 0 Å². The molecule has 6 fully saturated rings. The van der Waals surface area contributed by atoms with E-state index in [-0.39, 0.29) is 188 Å². The number of fused-ring (bicyclic) bond motifs is 8. The molecule has 2 saturated carbocycles. The summed E-state index contributed by atoms with van der Waals surface area (Å²) < 4.78 is 6.97. The summed E-state index contributed by atoms with van der Waals surface area (Å²) in [6.07, 6.45) is 14.1. The Morgan fingerprint density at radius 1 is 0.388 bits per heavy atom. The van der Waals surface area contributed by atoms with Crippen LogP contribution in [0, 0.1) is 39.5 Å². The van der Waals surface area contributed by atoms with E-state index in [1.54, 1.807) is 63.3 Å². The number of piperidine rings is 4. The van der Waals surface area contributed by atoms with Crippen molar-refractivity contribution in [3.8, 4) is 0 Å². The molecule has 10 aliphatic rings. The van der Waals surface area contributed by atoms with Crippen LogP contribution in [0.4, 0.5) is 63.6 Å². The summed E-state index contributed by atoms with van der Waals surface area (Å²) in [4.78, 5) is 166. The molecule has 0 atom stereocenters. The molecule has 121 heavy (non-hydrogen) atoms. The zero-order valence-corrected chi connectivity index (χ0v) is 74.3. The van der Waals surface area contributed by atoms with Gasteiger partial charge in [0, 0.05) is 116 Å². The summed E-state index contributed by atoms with van der Waals surface area (Å²) in [5.41, 5.74) is 18.6. The molecule has 2 aliphatic carbocycles. The fourth-order valence-electron chi connectivity index (χ4n) is 16.1. The fourth-order valence-corrected chi connectivity index (χ4v) is 17.2. The second-order valence-electron chi connectivity index (χ2n) is 31.6. The summed E-state index contributed by atoms with van der Waals surface area (Å²) in [6, 6.07) is 6.62. The number of hydrogen-bond donors (Lipinski definition) is 12. The summed E-state index contributed by atoms with van der Waals surface area (Å²) in [6.45, 7) is 13.7. The van der Waals surface area contributed by atoms with E-state index < -0.39 is 22.7 Å². The molecule has 16 N–H and O–H groups in total. The number of anilines is 11. The molecule has 16 heterocycles. The second kappa shape index (κ2) is 35.9. The third kappa shape index (κ3) is 17.9. The number of rotatable bonds is 10. The van der Waals surface area contributed by atoms with Gasteiger partial charge in [-0.2, -0.15) is 0 Å². The van der Waals surface area contributed by atoms with Gasteiger partial charge in [-0.05, 0) is 144 Å². The molecule has 8 aromatic rings. The number of halogens is 5. The Kier molecular flexibility index (Phi) is 26.9. The van der Waals surface area contributed by atoms with Crippen molar-refractivity contribution in [2.24, 2.45) is 11.8 Å². The Hall–Kier alpha value is -9.82. The van der Waals surface area contributed by atoms with Crippen molar-refractivity contribution in [3.05, 3.63) is 161 Å². The number of nitrogens with two attached hydrogens (primary N) is 3. The molecular formula is C76H90BrCl4N28NaO11. The Morgan fingerprint density at radius 3 is 0.901 bits per heavy atom. The van der Waals surface area contributed by atoms with Gasteiger partial charge >= 0.3 is 29.6 Å². The summed E-state index contributed by atoms with van der Waals surface area (Å²) in [7, 11) is 8.13. The van der Waals surface area contributed by atoms with Crippen molar-refractivity contribution >= 4 is 161 Å². The third-order valence-corrected chi connectivity index (χ3v) is 25.2. The third-order valence-electron chi connectivity index (χ3n) is 23.1. The SMILES string of the molecule is Cc1cc(Br)c(=O)n2c1C(=O)NC21CCN(C)CC1.Cc1cc(Nc2ncnc(N)c2Cl)c(=O)n2c1C(=O)NC21CCN(C)CC1.Cc1cc(Nc2ncnc(N)c2Cl)c(=O)n2c1C(=O)NC21CCN(C)CC1.Cc1cc(Nc2ncnc(NC(=O)C3CC3)c2Cl)c(=O)n2c1C(=O)NC21CCN(C)CC1.Nc1ncnc(NC(=O)C2CC2)c1Cl.[Na+].[OH-]. The summed E-state index contributed by atoms with van der Waals surface area (Å²) in [5.74, 6) is 0.732. The van der Waals surface area contributed by atoms with Gasteiger partial charge in [-0.3, -0.25) is 66.2 Å². The molecule has 6 amide bonds. The van der Waals surface area contributed by atoms with Crippen molar-refractivity contribution in [1.82, 2.24) is 99.0 Å². The predicted octanol–water partition coefficient (Wildman–Crippen LogP) is 2.84. The maximum absolute atomic E-state index is 13.5. The summed E-state index contributed by atoms with van der Waals surface area (Å²) in [5, 5.41) is 27.0. The van der Waals surface area contributed by atoms with Crippen molar-refractivity contribution < 1.29 is 63.8 Å². The van der Waals surface area contributed by atoms with E-state index in [9.17, 15) is 47.9 Å². The van der Waals surface area contributed by atoms with E-state index in [1.807, 2.05) is 28.1 Å². The number of carbonyl (C=O) groups excluding carboxylic acids is 6. The molecule has 8 aliphatic heterocycles. The van der Waals surface area contributed by atoms with E-state index in [0.717, 1.165) is 96.4 Å². The molecule has 8 aromatic heterocycles.